The van der Waals surface area contributed by atoms with Gasteiger partial charge in [0, 0.05) is 6.42 Å². The Balaban J connectivity index is 3.26. The molecule has 52 valence electrons. The van der Waals surface area contributed by atoms with Crippen LogP contribution < -0.4 is 0 Å². The molecule has 0 N–H and O–H groups in total. The Morgan fingerprint density at radius 3 is 2.67 bits per heavy atom. The van der Waals surface area contributed by atoms with Crippen molar-refractivity contribution in [3.05, 3.63) is 12.3 Å². The molecule has 0 aliphatic heterocycles. The molecule has 0 spiro atoms. The van der Waals surface area contributed by atoms with Crippen molar-refractivity contribution in [1.29, 1.82) is 0 Å². The first-order valence-corrected chi connectivity index (χ1v) is 3.15. The Morgan fingerprint density at radius 2 is 2.22 bits per heavy atom. The maximum atomic E-state index is 10.4. The van der Waals surface area contributed by atoms with Gasteiger partial charge in [0.1, 0.15) is 0 Å². The van der Waals surface area contributed by atoms with Crippen LogP contribution in [0.25, 0.3) is 0 Å². The highest BCUT2D eigenvalue weighted by Gasteiger charge is 1.90. The van der Waals surface area contributed by atoms with Gasteiger partial charge in [-0.1, -0.05) is 13.8 Å². The second-order valence-electron chi connectivity index (χ2n) is 1.62. The van der Waals surface area contributed by atoms with E-state index in [0.717, 1.165) is 6.42 Å². The molecule has 0 aliphatic carbocycles. The predicted molar refractivity (Wildman–Crippen MR) is 35.8 cm³/mol. The molecule has 0 atom stereocenters. The number of hydrogen-bond donors (Lipinski definition) is 0. The number of carbonyl (C=O) groups excluding carboxylic acids is 1. The topological polar surface area (TPSA) is 26.3 Å². The van der Waals surface area contributed by atoms with Crippen LogP contribution in [0.3, 0.4) is 0 Å². The maximum Gasteiger partial charge on any atom is 0.310 e. The number of hydrogen-bond acceptors (Lipinski definition) is 2. The van der Waals surface area contributed by atoms with E-state index < -0.39 is 0 Å². The quantitative estimate of drug-likeness (QED) is 0.428. The van der Waals surface area contributed by atoms with E-state index in [1.165, 1.54) is 6.26 Å². The lowest BCUT2D eigenvalue weighted by atomic mass is 10.5. The van der Waals surface area contributed by atoms with Gasteiger partial charge in [-0.15, -0.1) is 0 Å². The van der Waals surface area contributed by atoms with Gasteiger partial charge in [-0.05, 0) is 12.5 Å². The summed E-state index contributed by atoms with van der Waals surface area (Å²) in [6.07, 6.45) is 4.57. The van der Waals surface area contributed by atoms with Crippen LogP contribution in [-0.2, 0) is 9.53 Å². The molecule has 0 aliphatic rings. The molecule has 2 nitrogen and oxygen atoms in total. The summed E-state index contributed by atoms with van der Waals surface area (Å²) >= 11 is 0. The fraction of sp³-hybridized carbons (Fsp3) is 0.571. The highest BCUT2D eigenvalue weighted by atomic mass is 16.5. The Bertz CT molecular complexity index is 105. The second-order valence-corrected chi connectivity index (χ2v) is 1.62. The molecule has 0 aromatic rings. The smallest absolute Gasteiger partial charge is 0.310 e. The number of carbonyl (C=O) groups is 1. The van der Waals surface area contributed by atoms with Crippen LogP contribution in [0.4, 0.5) is 0 Å². The van der Waals surface area contributed by atoms with Crippen molar-refractivity contribution in [3.8, 4) is 0 Å². The van der Waals surface area contributed by atoms with Crippen molar-refractivity contribution in [3.63, 3.8) is 0 Å². The summed E-state index contributed by atoms with van der Waals surface area (Å²) in [6, 6.07) is 0. The zero-order valence-corrected chi connectivity index (χ0v) is 5.89. The van der Waals surface area contributed by atoms with Crippen LogP contribution in [-0.4, -0.2) is 5.97 Å². The highest BCUT2D eigenvalue weighted by molar-refractivity contribution is 5.69. The Kier molecular flexibility index (Phi) is 4.88. The molecule has 0 heterocycles. The molecule has 0 saturated carbocycles. The van der Waals surface area contributed by atoms with Crippen LogP contribution in [0.5, 0.6) is 0 Å². The fourth-order valence-corrected chi connectivity index (χ4v) is 0.304. The third-order valence-corrected chi connectivity index (χ3v) is 0.820. The third-order valence-electron chi connectivity index (χ3n) is 0.820. The average Bonchev–Trinajstić information content (AvgIpc) is 1.89. The molecular formula is C7H12O2. The molecule has 0 rings (SSSR count). The van der Waals surface area contributed by atoms with Crippen molar-refractivity contribution in [2.24, 2.45) is 0 Å². The van der Waals surface area contributed by atoms with Gasteiger partial charge in [-0.3, -0.25) is 4.79 Å². The van der Waals surface area contributed by atoms with E-state index in [0.29, 0.717) is 6.42 Å². The maximum absolute atomic E-state index is 10.4. The van der Waals surface area contributed by atoms with Crippen molar-refractivity contribution < 1.29 is 9.53 Å². The van der Waals surface area contributed by atoms with E-state index in [1.54, 1.807) is 13.0 Å². The molecule has 0 saturated heterocycles. The highest BCUT2D eigenvalue weighted by Crippen LogP contribution is 1.86. The summed E-state index contributed by atoms with van der Waals surface area (Å²) in [5, 5.41) is 0. The van der Waals surface area contributed by atoms with Gasteiger partial charge in [-0.2, -0.15) is 0 Å². The lowest BCUT2D eigenvalue weighted by Crippen LogP contribution is -1.94. The van der Waals surface area contributed by atoms with Crippen LogP contribution in [0.1, 0.15) is 26.7 Å². The number of rotatable bonds is 3. The largest absolute Gasteiger partial charge is 0.435 e. The summed E-state index contributed by atoms with van der Waals surface area (Å²) in [7, 11) is 0. The van der Waals surface area contributed by atoms with E-state index in [9.17, 15) is 4.79 Å². The van der Waals surface area contributed by atoms with Gasteiger partial charge in [0.05, 0.1) is 6.26 Å². The normalized spacial score (nSPS) is 10.0. The van der Waals surface area contributed by atoms with Crippen molar-refractivity contribution in [2.45, 2.75) is 26.7 Å². The second kappa shape index (κ2) is 5.35. The van der Waals surface area contributed by atoms with E-state index in [-0.39, 0.29) is 5.97 Å². The number of ether oxygens (including phenoxy) is 1. The molecule has 2 heteroatoms. The van der Waals surface area contributed by atoms with Gasteiger partial charge >= 0.3 is 5.97 Å². The minimum atomic E-state index is -0.181. The van der Waals surface area contributed by atoms with Gasteiger partial charge in [-0.25, -0.2) is 0 Å². The van der Waals surface area contributed by atoms with Crippen molar-refractivity contribution >= 4 is 5.97 Å². The van der Waals surface area contributed by atoms with E-state index in [1.807, 2.05) is 6.92 Å². The first-order valence-electron chi connectivity index (χ1n) is 3.15. The standard InChI is InChI=1S/C7H12O2/c1-3-5-6-9-7(8)4-2/h5-6H,3-4H2,1-2H3/b6-5+. The van der Waals surface area contributed by atoms with E-state index in [4.69, 9.17) is 0 Å². The average molecular weight is 128 g/mol. The molecular weight excluding hydrogens is 116 g/mol. The first-order chi connectivity index (χ1) is 4.31. The molecule has 0 radical (unpaired) electrons. The molecule has 0 aromatic carbocycles. The summed E-state index contributed by atoms with van der Waals surface area (Å²) in [5.41, 5.74) is 0. The summed E-state index contributed by atoms with van der Waals surface area (Å²) in [6.45, 7) is 3.75. The van der Waals surface area contributed by atoms with Gasteiger partial charge < -0.3 is 4.74 Å². The fourth-order valence-electron chi connectivity index (χ4n) is 0.304. The molecule has 0 bridgehead atoms. The molecule has 0 unspecified atom stereocenters. The summed E-state index contributed by atoms with van der Waals surface area (Å²) in [4.78, 5) is 10.4. The third kappa shape index (κ3) is 5.07. The van der Waals surface area contributed by atoms with Crippen molar-refractivity contribution in [2.75, 3.05) is 0 Å². The van der Waals surface area contributed by atoms with Crippen LogP contribution in [0.15, 0.2) is 12.3 Å². The summed E-state index contributed by atoms with van der Waals surface area (Å²) in [5.74, 6) is -0.181. The Labute approximate surface area is 55.5 Å². The van der Waals surface area contributed by atoms with Crippen molar-refractivity contribution in [1.82, 2.24) is 0 Å². The van der Waals surface area contributed by atoms with Crippen LogP contribution in [0.2, 0.25) is 0 Å². The Morgan fingerprint density at radius 1 is 1.56 bits per heavy atom. The van der Waals surface area contributed by atoms with Gasteiger partial charge in [0.25, 0.3) is 0 Å². The van der Waals surface area contributed by atoms with E-state index in [2.05, 4.69) is 4.74 Å². The van der Waals surface area contributed by atoms with Crippen LogP contribution in [0, 0.1) is 0 Å². The zero-order chi connectivity index (χ0) is 7.11. The monoisotopic (exact) mass is 128 g/mol. The summed E-state index contributed by atoms with van der Waals surface area (Å²) < 4.78 is 4.61. The molecule has 0 fully saturated rings. The number of allylic oxidation sites excluding steroid dienone is 1. The first kappa shape index (κ1) is 8.21. The zero-order valence-electron chi connectivity index (χ0n) is 5.89. The Hall–Kier alpha value is -0.790. The van der Waals surface area contributed by atoms with Crippen LogP contribution >= 0.6 is 0 Å². The molecule has 0 amide bonds. The lowest BCUT2D eigenvalue weighted by Gasteiger charge is -1.91. The minimum Gasteiger partial charge on any atom is -0.435 e. The van der Waals surface area contributed by atoms with Gasteiger partial charge in [0.2, 0.25) is 0 Å². The number of esters is 1. The lowest BCUT2D eigenvalue weighted by molar-refractivity contribution is -0.137. The van der Waals surface area contributed by atoms with Gasteiger partial charge in [0.15, 0.2) is 0 Å². The van der Waals surface area contributed by atoms with E-state index >= 15 is 0 Å². The predicted octanol–water partition coefficient (Wildman–Crippen LogP) is 1.86. The molecule has 0 aromatic heterocycles. The molecule has 9 heavy (non-hydrogen) atoms. The SMILES string of the molecule is CC/C=C/OC(=O)CC. The minimum absolute atomic E-state index is 0.181.